The highest BCUT2D eigenvalue weighted by molar-refractivity contribution is 7.15. The van der Waals surface area contributed by atoms with Gasteiger partial charge >= 0.3 is 0 Å². The van der Waals surface area contributed by atoms with Crippen molar-refractivity contribution in [1.29, 1.82) is 0 Å². The fourth-order valence-corrected chi connectivity index (χ4v) is 3.13. The van der Waals surface area contributed by atoms with Gasteiger partial charge in [0.1, 0.15) is 11.7 Å². The molecule has 0 spiro atoms. The van der Waals surface area contributed by atoms with Crippen molar-refractivity contribution in [2.45, 2.75) is 33.4 Å². The summed E-state index contributed by atoms with van der Waals surface area (Å²) in [6, 6.07) is 7.31. The molecule has 1 amide bonds. The maximum atomic E-state index is 12.4. The van der Waals surface area contributed by atoms with Crippen LogP contribution in [0.2, 0.25) is 0 Å². The van der Waals surface area contributed by atoms with E-state index < -0.39 is 6.04 Å². The molecule has 3 rings (SSSR count). The normalized spacial score (nSPS) is 12.2. The lowest BCUT2D eigenvalue weighted by Crippen LogP contribution is -2.24. The summed E-state index contributed by atoms with van der Waals surface area (Å²) < 4.78 is 1.55. The first-order valence-corrected chi connectivity index (χ1v) is 8.75. The van der Waals surface area contributed by atoms with Crippen molar-refractivity contribution < 1.29 is 4.79 Å². The summed E-state index contributed by atoms with van der Waals surface area (Å²) in [5.74, 6) is -0.180. The molecular weight excluding hydrogens is 336 g/mol. The topological polar surface area (TPSA) is 98.7 Å². The number of thiazole rings is 1. The zero-order valence-electron chi connectivity index (χ0n) is 14.4. The van der Waals surface area contributed by atoms with Crippen LogP contribution in [0, 0.1) is 13.8 Å². The Hall–Kier alpha value is -2.58. The van der Waals surface area contributed by atoms with E-state index in [4.69, 9.17) is 5.73 Å². The molecule has 130 valence electrons. The van der Waals surface area contributed by atoms with Crippen molar-refractivity contribution in [3.05, 3.63) is 46.6 Å². The van der Waals surface area contributed by atoms with Gasteiger partial charge in [0.2, 0.25) is 0 Å². The van der Waals surface area contributed by atoms with E-state index in [1.54, 1.807) is 17.8 Å². The first-order valence-electron chi connectivity index (χ1n) is 7.94. The van der Waals surface area contributed by atoms with Crippen molar-refractivity contribution in [3.63, 3.8) is 0 Å². The molecule has 0 fully saturated rings. The second kappa shape index (κ2) is 7.12. The third-order valence-corrected chi connectivity index (χ3v) is 4.99. The van der Waals surface area contributed by atoms with E-state index in [1.165, 1.54) is 11.3 Å². The second-order valence-electron chi connectivity index (χ2n) is 5.81. The lowest BCUT2D eigenvalue weighted by atomic mass is 10.1. The first-order chi connectivity index (χ1) is 12.0. The molecule has 0 radical (unpaired) electrons. The highest BCUT2D eigenvalue weighted by Crippen LogP contribution is 2.23. The van der Waals surface area contributed by atoms with Crippen LogP contribution in [0.25, 0.3) is 11.3 Å². The number of hydrogen-bond acceptors (Lipinski definition) is 6. The van der Waals surface area contributed by atoms with E-state index in [1.807, 2.05) is 38.1 Å². The van der Waals surface area contributed by atoms with Crippen LogP contribution in [0.15, 0.2) is 30.5 Å². The fraction of sp³-hybridized carbons (Fsp3) is 0.294. The minimum absolute atomic E-state index is 0.180. The minimum Gasteiger partial charge on any atom is -0.326 e. The van der Waals surface area contributed by atoms with Crippen LogP contribution in [0.4, 0.5) is 5.13 Å². The molecule has 2 aromatic heterocycles. The van der Waals surface area contributed by atoms with Crippen molar-refractivity contribution in [2.24, 2.45) is 5.73 Å². The Bertz CT molecular complexity index is 881. The van der Waals surface area contributed by atoms with Crippen molar-refractivity contribution >= 4 is 22.4 Å². The Morgan fingerprint density at radius 2 is 2.20 bits per heavy atom. The molecule has 25 heavy (non-hydrogen) atoms. The van der Waals surface area contributed by atoms with E-state index in [0.29, 0.717) is 17.4 Å². The summed E-state index contributed by atoms with van der Waals surface area (Å²) in [6.07, 6.45) is 1.76. The Kier molecular flexibility index (Phi) is 4.91. The summed E-state index contributed by atoms with van der Waals surface area (Å²) in [4.78, 5) is 17.8. The van der Waals surface area contributed by atoms with Gasteiger partial charge in [-0.05, 0) is 32.4 Å². The number of hydrogen-bond donors (Lipinski definition) is 2. The Morgan fingerprint density at radius 1 is 1.40 bits per heavy atom. The minimum atomic E-state index is -0.497. The maximum Gasteiger partial charge on any atom is 0.250 e. The molecule has 0 aliphatic heterocycles. The van der Waals surface area contributed by atoms with Gasteiger partial charge in [0.05, 0.1) is 11.9 Å². The quantitative estimate of drug-likeness (QED) is 0.732. The SMILES string of the molecule is Cc1nc(NC(=O)C(C)n2cc(-c3cccc(CN)c3)nn2)sc1C. The van der Waals surface area contributed by atoms with Gasteiger partial charge in [-0.3, -0.25) is 4.79 Å². The largest absolute Gasteiger partial charge is 0.326 e. The van der Waals surface area contributed by atoms with Crippen LogP contribution in [0.5, 0.6) is 0 Å². The molecule has 2 heterocycles. The van der Waals surface area contributed by atoms with Crippen molar-refractivity contribution in [1.82, 2.24) is 20.0 Å². The van der Waals surface area contributed by atoms with E-state index in [0.717, 1.165) is 21.7 Å². The predicted molar refractivity (Wildman–Crippen MR) is 98.3 cm³/mol. The Morgan fingerprint density at radius 3 is 2.88 bits per heavy atom. The van der Waals surface area contributed by atoms with Crippen LogP contribution >= 0.6 is 11.3 Å². The Balaban J connectivity index is 1.75. The van der Waals surface area contributed by atoms with Gasteiger partial charge in [0.15, 0.2) is 5.13 Å². The van der Waals surface area contributed by atoms with Gasteiger partial charge in [0, 0.05) is 17.0 Å². The van der Waals surface area contributed by atoms with Gasteiger partial charge in [-0.25, -0.2) is 9.67 Å². The predicted octanol–water partition coefficient (Wildman–Crippen LogP) is 2.68. The fourth-order valence-electron chi connectivity index (χ4n) is 2.31. The third-order valence-electron chi connectivity index (χ3n) is 4.00. The van der Waals surface area contributed by atoms with E-state index in [-0.39, 0.29) is 5.91 Å². The van der Waals surface area contributed by atoms with Crippen molar-refractivity contribution in [2.75, 3.05) is 5.32 Å². The van der Waals surface area contributed by atoms with Crippen LogP contribution in [-0.2, 0) is 11.3 Å². The smallest absolute Gasteiger partial charge is 0.250 e. The summed E-state index contributed by atoms with van der Waals surface area (Å²) in [7, 11) is 0. The average molecular weight is 356 g/mol. The number of aryl methyl sites for hydroxylation is 2. The van der Waals surface area contributed by atoms with Crippen LogP contribution in [-0.4, -0.2) is 25.9 Å². The van der Waals surface area contributed by atoms with Gasteiger partial charge in [-0.15, -0.1) is 16.4 Å². The highest BCUT2D eigenvalue weighted by Gasteiger charge is 2.19. The van der Waals surface area contributed by atoms with Gasteiger partial charge in [-0.2, -0.15) is 0 Å². The number of amides is 1. The zero-order chi connectivity index (χ0) is 18.0. The molecule has 1 atom stereocenters. The van der Waals surface area contributed by atoms with E-state index in [2.05, 4.69) is 20.6 Å². The lowest BCUT2D eigenvalue weighted by molar-refractivity contribution is -0.119. The van der Waals surface area contributed by atoms with Gasteiger partial charge in [-0.1, -0.05) is 23.4 Å². The lowest BCUT2D eigenvalue weighted by Gasteiger charge is -2.10. The summed E-state index contributed by atoms with van der Waals surface area (Å²) >= 11 is 1.46. The van der Waals surface area contributed by atoms with Crippen LogP contribution < -0.4 is 11.1 Å². The maximum absolute atomic E-state index is 12.4. The molecule has 0 aliphatic rings. The number of aromatic nitrogens is 4. The molecular formula is C17H20N6OS. The second-order valence-corrected chi connectivity index (χ2v) is 7.02. The highest BCUT2D eigenvalue weighted by atomic mass is 32.1. The standard InChI is InChI=1S/C17H20N6OS/c1-10-12(3)25-17(19-10)20-16(24)11(2)23-9-15(21-22-23)14-6-4-5-13(7-14)8-18/h4-7,9,11H,8,18H2,1-3H3,(H,19,20,24). The molecule has 7 nitrogen and oxygen atoms in total. The first kappa shape index (κ1) is 17.2. The molecule has 0 saturated heterocycles. The van der Waals surface area contributed by atoms with E-state index in [9.17, 15) is 4.79 Å². The number of carbonyl (C=O) groups is 1. The molecule has 1 aromatic carbocycles. The zero-order valence-corrected chi connectivity index (χ0v) is 15.2. The van der Waals surface area contributed by atoms with Gasteiger partial charge < -0.3 is 11.1 Å². The summed E-state index contributed by atoms with van der Waals surface area (Å²) in [5.41, 5.74) is 9.25. The number of rotatable bonds is 5. The number of anilines is 1. The van der Waals surface area contributed by atoms with Gasteiger partial charge in [0.25, 0.3) is 5.91 Å². The number of nitrogens with zero attached hydrogens (tertiary/aromatic N) is 4. The van der Waals surface area contributed by atoms with Crippen LogP contribution in [0.1, 0.15) is 29.1 Å². The van der Waals surface area contributed by atoms with Crippen LogP contribution in [0.3, 0.4) is 0 Å². The Labute approximate surface area is 149 Å². The monoisotopic (exact) mass is 356 g/mol. The molecule has 0 aliphatic carbocycles. The van der Waals surface area contributed by atoms with Crippen molar-refractivity contribution in [3.8, 4) is 11.3 Å². The number of nitrogens with two attached hydrogens (primary N) is 1. The third kappa shape index (κ3) is 3.75. The molecule has 3 aromatic rings. The molecule has 3 N–H and O–H groups in total. The molecule has 0 saturated carbocycles. The number of carbonyl (C=O) groups excluding carboxylic acids is 1. The summed E-state index contributed by atoms with van der Waals surface area (Å²) in [6.45, 7) is 6.14. The number of benzene rings is 1. The number of nitrogens with one attached hydrogen (secondary N) is 1. The molecule has 8 heteroatoms. The summed E-state index contributed by atoms with van der Waals surface area (Å²) in [5, 5.41) is 11.7. The molecule has 1 unspecified atom stereocenters. The molecule has 0 bridgehead atoms. The van der Waals surface area contributed by atoms with E-state index >= 15 is 0 Å². The average Bonchev–Trinajstić information content (AvgIpc) is 3.21.